The first-order valence-corrected chi connectivity index (χ1v) is 8.52. The molecule has 1 unspecified atom stereocenters. The van der Waals surface area contributed by atoms with E-state index in [1.807, 2.05) is 11.3 Å². The lowest BCUT2D eigenvalue weighted by molar-refractivity contribution is 0.265. The van der Waals surface area contributed by atoms with Crippen LogP contribution in [0.4, 0.5) is 0 Å². The molecule has 0 bridgehead atoms. The lowest BCUT2D eigenvalue weighted by atomic mass is 9.76. The van der Waals surface area contributed by atoms with Crippen LogP contribution in [0.15, 0.2) is 28.7 Å². The van der Waals surface area contributed by atoms with Crippen molar-refractivity contribution in [1.82, 2.24) is 10.3 Å². The number of nitrogens with zero attached hydrogens (tertiary/aromatic N) is 1. The molecule has 3 rings (SSSR count). The van der Waals surface area contributed by atoms with E-state index in [1.165, 1.54) is 22.6 Å². The molecule has 4 heteroatoms. The van der Waals surface area contributed by atoms with Crippen molar-refractivity contribution in [3.8, 4) is 10.6 Å². The number of benzene rings is 1. The predicted octanol–water partition coefficient (Wildman–Crippen LogP) is 4.81. The van der Waals surface area contributed by atoms with Gasteiger partial charge in [-0.15, -0.1) is 11.3 Å². The minimum Gasteiger partial charge on any atom is -0.312 e. The van der Waals surface area contributed by atoms with Gasteiger partial charge in [-0.1, -0.05) is 41.9 Å². The summed E-state index contributed by atoms with van der Waals surface area (Å²) in [6.45, 7) is 4.66. The monoisotopic (exact) mass is 350 g/mol. The molecule has 2 aromatic rings. The summed E-state index contributed by atoms with van der Waals surface area (Å²) in [4.78, 5) is 6.33. The van der Waals surface area contributed by atoms with E-state index in [2.05, 4.69) is 66.4 Å². The lowest BCUT2D eigenvalue weighted by Gasteiger charge is -2.34. The van der Waals surface area contributed by atoms with Crippen molar-refractivity contribution in [3.05, 3.63) is 39.3 Å². The van der Waals surface area contributed by atoms with Crippen molar-refractivity contribution in [2.75, 3.05) is 7.05 Å². The summed E-state index contributed by atoms with van der Waals surface area (Å²) in [5.74, 6) is 0. The summed E-state index contributed by atoms with van der Waals surface area (Å²) >= 11 is 5.32. The van der Waals surface area contributed by atoms with Crippen molar-refractivity contribution in [1.29, 1.82) is 0 Å². The van der Waals surface area contributed by atoms with Crippen LogP contribution in [0.3, 0.4) is 0 Å². The first-order chi connectivity index (χ1) is 9.48. The fourth-order valence-corrected chi connectivity index (χ4v) is 4.34. The molecule has 20 heavy (non-hydrogen) atoms. The topological polar surface area (TPSA) is 24.9 Å². The van der Waals surface area contributed by atoms with Crippen LogP contribution in [0.5, 0.6) is 0 Å². The Morgan fingerprint density at radius 2 is 2.00 bits per heavy atom. The fraction of sp³-hybridized carbons (Fsp3) is 0.438. The average molecular weight is 351 g/mol. The van der Waals surface area contributed by atoms with E-state index in [9.17, 15) is 0 Å². The average Bonchev–Trinajstić information content (AvgIpc) is 2.80. The van der Waals surface area contributed by atoms with Crippen LogP contribution in [-0.4, -0.2) is 12.0 Å². The molecule has 1 N–H and O–H groups in total. The maximum absolute atomic E-state index is 4.91. The minimum atomic E-state index is 0.325. The number of halogens is 1. The standard InChI is InChI=1S/C16H19BrN2S/c1-16(2)8-12(18-3)14-13(9-16)19-15(20-14)10-4-6-11(17)7-5-10/h4-7,12,18H,8-9H2,1-3H3. The Morgan fingerprint density at radius 3 is 2.65 bits per heavy atom. The van der Waals surface area contributed by atoms with Crippen molar-refractivity contribution in [2.24, 2.45) is 5.41 Å². The van der Waals surface area contributed by atoms with Crippen molar-refractivity contribution in [2.45, 2.75) is 32.7 Å². The SMILES string of the molecule is CNC1CC(C)(C)Cc2nc(-c3ccc(Br)cc3)sc21. The van der Waals surface area contributed by atoms with Gasteiger partial charge in [0.1, 0.15) is 5.01 Å². The summed E-state index contributed by atoms with van der Waals surface area (Å²) in [6, 6.07) is 8.86. The highest BCUT2D eigenvalue weighted by Crippen LogP contribution is 2.44. The lowest BCUT2D eigenvalue weighted by Crippen LogP contribution is -2.30. The number of fused-ring (bicyclic) bond motifs is 1. The number of hydrogen-bond acceptors (Lipinski definition) is 3. The van der Waals surface area contributed by atoms with E-state index in [4.69, 9.17) is 4.98 Å². The third-order valence-electron chi connectivity index (χ3n) is 3.89. The molecular weight excluding hydrogens is 332 g/mol. The molecule has 1 aromatic heterocycles. The molecule has 1 aliphatic rings. The van der Waals surface area contributed by atoms with Gasteiger partial charge in [0.05, 0.1) is 5.69 Å². The second kappa shape index (κ2) is 5.24. The van der Waals surface area contributed by atoms with Gasteiger partial charge < -0.3 is 5.32 Å². The van der Waals surface area contributed by atoms with Gasteiger partial charge in [-0.25, -0.2) is 4.98 Å². The number of aromatic nitrogens is 1. The van der Waals surface area contributed by atoms with E-state index in [1.54, 1.807) is 0 Å². The zero-order valence-corrected chi connectivity index (χ0v) is 14.4. The maximum Gasteiger partial charge on any atom is 0.123 e. The molecule has 106 valence electrons. The van der Waals surface area contributed by atoms with Crippen LogP contribution in [0.1, 0.15) is 36.9 Å². The minimum absolute atomic E-state index is 0.325. The predicted molar refractivity (Wildman–Crippen MR) is 89.2 cm³/mol. The van der Waals surface area contributed by atoms with Gasteiger partial charge >= 0.3 is 0 Å². The quantitative estimate of drug-likeness (QED) is 0.840. The van der Waals surface area contributed by atoms with Gasteiger partial charge in [0, 0.05) is 21.0 Å². The van der Waals surface area contributed by atoms with Crippen LogP contribution < -0.4 is 5.32 Å². The Kier molecular flexibility index (Phi) is 3.73. The molecule has 0 radical (unpaired) electrons. The maximum atomic E-state index is 4.91. The number of nitrogens with one attached hydrogen (secondary N) is 1. The zero-order chi connectivity index (χ0) is 14.3. The largest absolute Gasteiger partial charge is 0.312 e. The number of hydrogen-bond donors (Lipinski definition) is 1. The van der Waals surface area contributed by atoms with E-state index in [0.29, 0.717) is 11.5 Å². The molecule has 1 aromatic carbocycles. The molecule has 2 nitrogen and oxygen atoms in total. The van der Waals surface area contributed by atoms with Gasteiger partial charge in [-0.3, -0.25) is 0 Å². The molecule has 1 aliphatic carbocycles. The second-order valence-electron chi connectivity index (χ2n) is 6.22. The summed E-state index contributed by atoms with van der Waals surface area (Å²) in [5.41, 5.74) is 2.81. The van der Waals surface area contributed by atoms with Crippen LogP contribution in [0.25, 0.3) is 10.6 Å². The fourth-order valence-electron chi connectivity index (χ4n) is 2.88. The third kappa shape index (κ3) is 2.69. The molecule has 0 amide bonds. The van der Waals surface area contributed by atoms with Gasteiger partial charge in [0.25, 0.3) is 0 Å². The summed E-state index contributed by atoms with van der Waals surface area (Å²) in [5, 5.41) is 4.59. The Bertz CT molecular complexity index is 616. The van der Waals surface area contributed by atoms with Gasteiger partial charge in [-0.05, 0) is 37.4 Å². The summed E-state index contributed by atoms with van der Waals surface area (Å²) in [7, 11) is 2.05. The van der Waals surface area contributed by atoms with Crippen LogP contribution >= 0.6 is 27.3 Å². The van der Waals surface area contributed by atoms with Gasteiger partial charge in [-0.2, -0.15) is 0 Å². The highest BCUT2D eigenvalue weighted by molar-refractivity contribution is 9.10. The van der Waals surface area contributed by atoms with Crippen molar-refractivity contribution < 1.29 is 0 Å². The molecule has 0 aliphatic heterocycles. The Hall–Kier alpha value is -0.710. The molecular formula is C16H19BrN2S. The number of thiazole rings is 1. The molecule has 0 spiro atoms. The van der Waals surface area contributed by atoms with Crippen molar-refractivity contribution in [3.63, 3.8) is 0 Å². The second-order valence-corrected chi connectivity index (χ2v) is 8.17. The van der Waals surface area contributed by atoms with E-state index in [-0.39, 0.29) is 0 Å². The highest BCUT2D eigenvalue weighted by Gasteiger charge is 2.34. The van der Waals surface area contributed by atoms with Gasteiger partial charge in [0.15, 0.2) is 0 Å². The van der Waals surface area contributed by atoms with E-state index >= 15 is 0 Å². The highest BCUT2D eigenvalue weighted by atomic mass is 79.9. The first kappa shape index (κ1) is 14.2. The van der Waals surface area contributed by atoms with Gasteiger partial charge in [0.2, 0.25) is 0 Å². The Labute approximate surface area is 132 Å². The summed E-state index contributed by atoms with van der Waals surface area (Å²) < 4.78 is 1.11. The first-order valence-electron chi connectivity index (χ1n) is 6.91. The van der Waals surface area contributed by atoms with Crippen molar-refractivity contribution >= 4 is 27.3 Å². The van der Waals surface area contributed by atoms with Crippen LogP contribution in [-0.2, 0) is 6.42 Å². The zero-order valence-electron chi connectivity index (χ0n) is 12.0. The molecule has 1 heterocycles. The van der Waals surface area contributed by atoms with E-state index < -0.39 is 0 Å². The Morgan fingerprint density at radius 1 is 1.30 bits per heavy atom. The molecule has 0 saturated heterocycles. The third-order valence-corrected chi connectivity index (χ3v) is 5.68. The molecule has 1 atom stereocenters. The normalized spacial score (nSPS) is 20.7. The number of rotatable bonds is 2. The van der Waals surface area contributed by atoms with Crippen LogP contribution in [0, 0.1) is 5.41 Å². The summed E-state index contributed by atoms with van der Waals surface area (Å²) in [6.07, 6.45) is 2.26. The Balaban J connectivity index is 2.01. The molecule has 0 saturated carbocycles. The molecule has 0 fully saturated rings. The van der Waals surface area contributed by atoms with E-state index in [0.717, 1.165) is 15.9 Å². The van der Waals surface area contributed by atoms with Crippen LogP contribution in [0.2, 0.25) is 0 Å². The smallest absolute Gasteiger partial charge is 0.123 e.